The molecule has 4 rings (SSSR count). The Hall–Kier alpha value is -2.67. The van der Waals surface area contributed by atoms with Crippen LogP contribution in [0.3, 0.4) is 0 Å². The van der Waals surface area contributed by atoms with Crippen molar-refractivity contribution >= 4 is 17.0 Å². The molecule has 0 aliphatic carbocycles. The predicted octanol–water partition coefficient (Wildman–Crippen LogP) is 3.09. The number of carbonyl (C=O) groups is 1. The highest BCUT2D eigenvalue weighted by Crippen LogP contribution is 2.30. The van der Waals surface area contributed by atoms with Gasteiger partial charge in [-0.25, -0.2) is 4.98 Å². The zero-order valence-electron chi connectivity index (χ0n) is 14.9. The number of nitrogens with zero attached hydrogens (tertiary/aromatic N) is 2. The topological polar surface area (TPSA) is 93.2 Å². The number of furan rings is 1. The van der Waals surface area contributed by atoms with Gasteiger partial charge in [0, 0.05) is 12.6 Å². The van der Waals surface area contributed by atoms with Gasteiger partial charge in [0.15, 0.2) is 5.76 Å². The number of fused-ring (bicyclic) bond motifs is 1. The van der Waals surface area contributed by atoms with Crippen LogP contribution in [0.4, 0.5) is 0 Å². The number of piperidine rings is 1. The summed E-state index contributed by atoms with van der Waals surface area (Å²) < 4.78 is 10.9. The minimum absolute atomic E-state index is 0.119. The van der Waals surface area contributed by atoms with Crippen LogP contribution >= 0.6 is 0 Å². The molecule has 1 saturated heterocycles. The molecule has 0 bridgehead atoms. The van der Waals surface area contributed by atoms with E-state index in [0.717, 1.165) is 31.6 Å². The first-order valence-corrected chi connectivity index (χ1v) is 8.99. The Morgan fingerprint density at radius 2 is 2.31 bits per heavy atom. The molecule has 0 saturated carbocycles. The van der Waals surface area contributed by atoms with Gasteiger partial charge in [0.05, 0.1) is 22.9 Å². The standard InChI is InChI=1S/C19H22N4O3/c1-11(2)17-16-13(18(24)21-12-5-3-7-20-10-12)9-14(15-6-4-8-25-15)22-19(16)26-23-17/h4,6,8-9,11-12,20H,3,5,7,10H2,1-2H3,(H,21,24)/t12-/m0/s1. The maximum atomic E-state index is 13.1. The van der Waals surface area contributed by atoms with Gasteiger partial charge in [-0.1, -0.05) is 19.0 Å². The van der Waals surface area contributed by atoms with Crippen molar-refractivity contribution in [2.24, 2.45) is 0 Å². The SMILES string of the molecule is CC(C)c1noc2nc(-c3ccco3)cc(C(=O)N[C@H]3CCCNC3)c12. The van der Waals surface area contributed by atoms with E-state index in [9.17, 15) is 4.79 Å². The maximum absolute atomic E-state index is 13.1. The molecule has 0 aromatic carbocycles. The Labute approximate surface area is 151 Å². The molecule has 0 unspecified atom stereocenters. The molecule has 1 aliphatic rings. The Balaban J connectivity index is 1.78. The normalized spacial score (nSPS) is 17.7. The van der Waals surface area contributed by atoms with Crippen molar-refractivity contribution in [3.63, 3.8) is 0 Å². The number of carbonyl (C=O) groups excluding carboxylic acids is 1. The highest BCUT2D eigenvalue weighted by Gasteiger charge is 2.25. The summed E-state index contributed by atoms with van der Waals surface area (Å²) in [5.74, 6) is 0.571. The van der Waals surface area contributed by atoms with Crippen molar-refractivity contribution in [3.8, 4) is 11.5 Å². The second kappa shape index (κ2) is 6.92. The first kappa shape index (κ1) is 16.8. The van der Waals surface area contributed by atoms with Gasteiger partial charge in [0.1, 0.15) is 5.69 Å². The van der Waals surface area contributed by atoms with Crippen LogP contribution in [0.2, 0.25) is 0 Å². The lowest BCUT2D eigenvalue weighted by Gasteiger charge is -2.24. The van der Waals surface area contributed by atoms with Crippen molar-refractivity contribution in [3.05, 3.63) is 35.7 Å². The number of aromatic nitrogens is 2. The van der Waals surface area contributed by atoms with E-state index >= 15 is 0 Å². The van der Waals surface area contributed by atoms with Gasteiger partial charge < -0.3 is 19.6 Å². The number of hydrogen-bond acceptors (Lipinski definition) is 6. The summed E-state index contributed by atoms with van der Waals surface area (Å²) >= 11 is 0. The highest BCUT2D eigenvalue weighted by atomic mass is 16.5. The van der Waals surface area contributed by atoms with E-state index in [4.69, 9.17) is 8.94 Å². The lowest BCUT2D eigenvalue weighted by Crippen LogP contribution is -2.45. The largest absolute Gasteiger partial charge is 0.463 e. The van der Waals surface area contributed by atoms with E-state index in [1.165, 1.54) is 0 Å². The van der Waals surface area contributed by atoms with Crippen LogP contribution < -0.4 is 10.6 Å². The molecule has 0 radical (unpaired) electrons. The Morgan fingerprint density at radius 1 is 1.42 bits per heavy atom. The Bertz CT molecular complexity index is 908. The molecular weight excluding hydrogens is 332 g/mol. The summed E-state index contributed by atoms with van der Waals surface area (Å²) in [7, 11) is 0. The average Bonchev–Trinajstić information content (AvgIpc) is 3.31. The molecule has 1 amide bonds. The van der Waals surface area contributed by atoms with Crippen LogP contribution in [-0.4, -0.2) is 35.2 Å². The molecule has 4 heterocycles. The fraction of sp³-hybridized carbons (Fsp3) is 0.421. The number of nitrogens with one attached hydrogen (secondary N) is 2. The first-order chi connectivity index (χ1) is 12.6. The van der Waals surface area contributed by atoms with Gasteiger partial charge in [-0.2, -0.15) is 0 Å². The molecular formula is C19H22N4O3. The number of amides is 1. The summed E-state index contributed by atoms with van der Waals surface area (Å²) in [6.07, 6.45) is 3.60. The van der Waals surface area contributed by atoms with Gasteiger partial charge in [0.2, 0.25) is 0 Å². The van der Waals surface area contributed by atoms with Crippen molar-refractivity contribution in [1.29, 1.82) is 0 Å². The Morgan fingerprint density at radius 3 is 3.00 bits per heavy atom. The summed E-state index contributed by atoms with van der Waals surface area (Å²) in [6, 6.07) is 5.47. The van der Waals surface area contributed by atoms with Crippen molar-refractivity contribution in [2.45, 2.75) is 38.6 Å². The minimum atomic E-state index is -0.135. The van der Waals surface area contributed by atoms with Crippen molar-refractivity contribution in [1.82, 2.24) is 20.8 Å². The first-order valence-electron chi connectivity index (χ1n) is 8.99. The average molecular weight is 354 g/mol. The molecule has 1 atom stereocenters. The second-order valence-corrected chi connectivity index (χ2v) is 6.95. The quantitative estimate of drug-likeness (QED) is 0.748. The monoisotopic (exact) mass is 354 g/mol. The molecule has 26 heavy (non-hydrogen) atoms. The summed E-state index contributed by atoms with van der Waals surface area (Å²) in [5.41, 5.74) is 2.18. The zero-order valence-corrected chi connectivity index (χ0v) is 14.9. The van der Waals surface area contributed by atoms with E-state index in [1.807, 2.05) is 13.8 Å². The third-order valence-corrected chi connectivity index (χ3v) is 4.67. The molecule has 2 N–H and O–H groups in total. The summed E-state index contributed by atoms with van der Waals surface area (Å²) in [6.45, 7) is 5.82. The number of rotatable bonds is 4. The minimum Gasteiger partial charge on any atom is -0.463 e. The molecule has 7 heteroatoms. The summed E-state index contributed by atoms with van der Waals surface area (Å²) in [5, 5.41) is 11.3. The van der Waals surface area contributed by atoms with Crippen LogP contribution in [0, 0.1) is 0 Å². The van der Waals surface area contributed by atoms with E-state index in [2.05, 4.69) is 20.8 Å². The predicted molar refractivity (Wildman–Crippen MR) is 97.0 cm³/mol. The third kappa shape index (κ3) is 3.10. The lowest BCUT2D eigenvalue weighted by molar-refractivity contribution is 0.0932. The van der Waals surface area contributed by atoms with E-state index in [0.29, 0.717) is 28.1 Å². The van der Waals surface area contributed by atoms with Crippen molar-refractivity contribution < 1.29 is 13.7 Å². The van der Waals surface area contributed by atoms with Gasteiger partial charge in [-0.15, -0.1) is 0 Å². The van der Waals surface area contributed by atoms with E-state index < -0.39 is 0 Å². The second-order valence-electron chi connectivity index (χ2n) is 6.95. The molecule has 3 aromatic rings. The zero-order chi connectivity index (χ0) is 18.1. The van der Waals surface area contributed by atoms with E-state index in [1.54, 1.807) is 24.5 Å². The Kier molecular flexibility index (Phi) is 4.46. The van der Waals surface area contributed by atoms with Crippen LogP contribution in [0.5, 0.6) is 0 Å². The highest BCUT2D eigenvalue weighted by molar-refractivity contribution is 6.07. The molecule has 136 valence electrons. The van der Waals surface area contributed by atoms with Gasteiger partial charge >= 0.3 is 0 Å². The van der Waals surface area contributed by atoms with E-state index in [-0.39, 0.29) is 17.9 Å². The fourth-order valence-corrected chi connectivity index (χ4v) is 3.34. The fourth-order valence-electron chi connectivity index (χ4n) is 3.34. The smallest absolute Gasteiger partial charge is 0.259 e. The summed E-state index contributed by atoms with van der Waals surface area (Å²) in [4.78, 5) is 17.6. The van der Waals surface area contributed by atoms with Crippen LogP contribution in [-0.2, 0) is 0 Å². The molecule has 0 spiro atoms. The van der Waals surface area contributed by atoms with Gasteiger partial charge in [-0.05, 0) is 43.5 Å². The van der Waals surface area contributed by atoms with Gasteiger partial charge in [0.25, 0.3) is 11.6 Å². The molecule has 1 aliphatic heterocycles. The van der Waals surface area contributed by atoms with Crippen LogP contribution in [0.1, 0.15) is 48.7 Å². The van der Waals surface area contributed by atoms with Gasteiger partial charge in [-0.3, -0.25) is 4.79 Å². The molecule has 7 nitrogen and oxygen atoms in total. The van der Waals surface area contributed by atoms with Crippen LogP contribution in [0.25, 0.3) is 22.6 Å². The maximum Gasteiger partial charge on any atom is 0.259 e. The molecule has 3 aromatic heterocycles. The van der Waals surface area contributed by atoms with Crippen LogP contribution in [0.15, 0.2) is 33.4 Å². The van der Waals surface area contributed by atoms with Crippen molar-refractivity contribution in [2.75, 3.05) is 13.1 Å². The third-order valence-electron chi connectivity index (χ3n) is 4.67. The lowest BCUT2D eigenvalue weighted by atomic mass is 10.0. The number of pyridine rings is 1. The number of hydrogen-bond donors (Lipinski definition) is 2. The molecule has 1 fully saturated rings.